The highest BCUT2D eigenvalue weighted by Crippen LogP contribution is 2.36. The summed E-state index contributed by atoms with van der Waals surface area (Å²) in [7, 11) is 1.54. The van der Waals surface area contributed by atoms with E-state index >= 15 is 0 Å². The van der Waals surface area contributed by atoms with Gasteiger partial charge >= 0.3 is 6.18 Å². The molecular weight excluding hydrogens is 509 g/mol. The minimum atomic E-state index is -4.48. The highest BCUT2D eigenvalue weighted by atomic mass is 79.9. The first-order chi connectivity index (χ1) is 15.2. The third-order valence-electron chi connectivity index (χ3n) is 4.30. The maximum absolute atomic E-state index is 13.0. The summed E-state index contributed by atoms with van der Waals surface area (Å²) in [4.78, 5) is 21.6. The molecule has 0 bridgehead atoms. The van der Waals surface area contributed by atoms with E-state index in [0.717, 1.165) is 21.9 Å². The topological polar surface area (TPSA) is 80.0 Å². The zero-order valence-corrected chi connectivity index (χ0v) is 18.7. The largest absolute Gasteiger partial charge is 0.422 e. The van der Waals surface area contributed by atoms with Gasteiger partial charge < -0.3 is 15.1 Å². The number of rotatable bonds is 5. The number of hydrogen-bond donors (Lipinski definition) is 2. The second-order valence-electron chi connectivity index (χ2n) is 6.53. The molecule has 4 rings (SSSR count). The number of carbonyl (C=O) groups is 1. The summed E-state index contributed by atoms with van der Waals surface area (Å²) < 4.78 is 44.7. The summed E-state index contributed by atoms with van der Waals surface area (Å²) in [5, 5.41) is 5.48. The summed E-state index contributed by atoms with van der Waals surface area (Å²) in [6.45, 7) is 0. The van der Waals surface area contributed by atoms with Crippen LogP contribution in [0.3, 0.4) is 0 Å². The number of halogens is 4. The average molecular weight is 523 g/mol. The number of hydrogen-bond acceptors (Lipinski definition) is 6. The van der Waals surface area contributed by atoms with Gasteiger partial charge in [-0.15, -0.1) is 0 Å². The number of pyridine rings is 1. The van der Waals surface area contributed by atoms with E-state index in [-0.39, 0.29) is 27.5 Å². The predicted octanol–water partition coefficient (Wildman–Crippen LogP) is 6.26. The number of nitrogens with zero attached hydrogens (tertiary/aromatic N) is 2. The van der Waals surface area contributed by atoms with Gasteiger partial charge in [0, 0.05) is 28.7 Å². The van der Waals surface area contributed by atoms with E-state index in [1.54, 1.807) is 37.5 Å². The number of aromatic nitrogens is 2. The molecule has 11 heteroatoms. The van der Waals surface area contributed by atoms with Crippen molar-refractivity contribution in [2.24, 2.45) is 0 Å². The third kappa shape index (κ3) is 4.89. The number of anilines is 2. The van der Waals surface area contributed by atoms with Crippen LogP contribution in [0.4, 0.5) is 24.9 Å². The van der Waals surface area contributed by atoms with Crippen LogP contribution >= 0.6 is 27.7 Å². The normalized spacial score (nSPS) is 11.5. The summed E-state index contributed by atoms with van der Waals surface area (Å²) >= 11 is 4.56. The Balaban J connectivity index is 1.50. The van der Waals surface area contributed by atoms with Crippen LogP contribution < -0.4 is 10.6 Å². The molecule has 0 spiro atoms. The van der Waals surface area contributed by atoms with Crippen molar-refractivity contribution in [3.63, 3.8) is 0 Å². The number of carbonyl (C=O) groups excluding carboxylic acids is 1. The molecule has 0 saturated carbocycles. The van der Waals surface area contributed by atoms with Crippen molar-refractivity contribution in [1.82, 2.24) is 15.3 Å². The van der Waals surface area contributed by atoms with Gasteiger partial charge in [0.15, 0.2) is 5.58 Å². The van der Waals surface area contributed by atoms with Gasteiger partial charge in [-0.1, -0.05) is 11.8 Å². The van der Waals surface area contributed by atoms with Gasteiger partial charge in [-0.2, -0.15) is 18.2 Å². The Labute approximate surface area is 192 Å². The summed E-state index contributed by atoms with van der Waals surface area (Å²) in [5.41, 5.74) is 0.470. The SMILES string of the molecule is CNC(=O)c1cc(Sc2ccc(Nc3nc4cc(C(F)(F)F)cc(Br)c4o3)cc2)ccn1. The van der Waals surface area contributed by atoms with Gasteiger partial charge in [0.05, 0.1) is 10.0 Å². The van der Waals surface area contributed by atoms with Crippen molar-refractivity contribution in [1.29, 1.82) is 0 Å². The van der Waals surface area contributed by atoms with Crippen LogP contribution in [0.25, 0.3) is 11.1 Å². The molecule has 2 aromatic carbocycles. The van der Waals surface area contributed by atoms with E-state index in [2.05, 4.69) is 36.5 Å². The third-order valence-corrected chi connectivity index (χ3v) is 5.89. The van der Waals surface area contributed by atoms with E-state index in [1.165, 1.54) is 11.8 Å². The molecule has 4 aromatic rings. The molecule has 2 aromatic heterocycles. The van der Waals surface area contributed by atoms with Crippen LogP contribution in [0.15, 0.2) is 73.4 Å². The second-order valence-corrected chi connectivity index (χ2v) is 8.53. The second kappa shape index (κ2) is 8.83. The van der Waals surface area contributed by atoms with E-state index in [0.29, 0.717) is 11.4 Å². The summed E-state index contributed by atoms with van der Waals surface area (Å²) in [5.74, 6) is -0.265. The molecule has 164 valence electrons. The maximum atomic E-state index is 13.0. The van der Waals surface area contributed by atoms with Crippen molar-refractivity contribution in [3.8, 4) is 0 Å². The van der Waals surface area contributed by atoms with Crippen molar-refractivity contribution < 1.29 is 22.4 Å². The van der Waals surface area contributed by atoms with Gasteiger partial charge in [0.25, 0.3) is 11.9 Å². The number of amides is 1. The Morgan fingerprint density at radius 3 is 2.53 bits per heavy atom. The van der Waals surface area contributed by atoms with Crippen LogP contribution in [0.2, 0.25) is 0 Å². The van der Waals surface area contributed by atoms with Crippen molar-refractivity contribution in [3.05, 3.63) is 70.5 Å². The zero-order chi connectivity index (χ0) is 22.9. The van der Waals surface area contributed by atoms with Crippen LogP contribution in [0, 0.1) is 0 Å². The number of fused-ring (bicyclic) bond motifs is 1. The molecule has 0 fully saturated rings. The summed E-state index contributed by atoms with van der Waals surface area (Å²) in [6.07, 6.45) is -2.91. The van der Waals surface area contributed by atoms with Crippen molar-refractivity contribution in [2.75, 3.05) is 12.4 Å². The van der Waals surface area contributed by atoms with Gasteiger partial charge in [-0.05, 0) is 64.5 Å². The van der Waals surface area contributed by atoms with Crippen molar-refractivity contribution in [2.45, 2.75) is 16.0 Å². The lowest BCUT2D eigenvalue weighted by Gasteiger charge is -2.06. The molecule has 0 saturated heterocycles. The highest BCUT2D eigenvalue weighted by Gasteiger charge is 2.32. The number of alkyl halides is 3. The van der Waals surface area contributed by atoms with Gasteiger partial charge in [0.2, 0.25) is 0 Å². The van der Waals surface area contributed by atoms with Gasteiger partial charge in [-0.25, -0.2) is 0 Å². The van der Waals surface area contributed by atoms with E-state index < -0.39 is 11.7 Å². The minimum absolute atomic E-state index is 0.0739. The van der Waals surface area contributed by atoms with E-state index in [4.69, 9.17) is 4.42 Å². The fourth-order valence-electron chi connectivity index (χ4n) is 2.80. The van der Waals surface area contributed by atoms with Crippen molar-refractivity contribution >= 4 is 56.4 Å². The molecule has 0 aliphatic heterocycles. The standard InChI is InChI=1S/C21H14BrF3N4O2S/c1-26-19(30)17-10-14(6-7-27-17)32-13-4-2-12(3-5-13)28-20-29-16-9-11(21(23,24)25)8-15(22)18(16)31-20/h2-10H,1H3,(H,26,30)(H,28,29). The number of nitrogens with one attached hydrogen (secondary N) is 2. The molecule has 0 aliphatic carbocycles. The Bertz CT molecular complexity index is 1290. The van der Waals surface area contributed by atoms with Crippen LogP contribution in [0.1, 0.15) is 16.1 Å². The highest BCUT2D eigenvalue weighted by molar-refractivity contribution is 9.10. The lowest BCUT2D eigenvalue weighted by atomic mass is 10.2. The molecule has 32 heavy (non-hydrogen) atoms. The average Bonchev–Trinajstić information content (AvgIpc) is 3.17. The molecule has 2 heterocycles. The van der Waals surface area contributed by atoms with E-state index in [1.807, 2.05) is 12.1 Å². The lowest BCUT2D eigenvalue weighted by molar-refractivity contribution is -0.137. The summed E-state index contributed by atoms with van der Waals surface area (Å²) in [6, 6.07) is 12.7. The molecule has 1 amide bonds. The molecule has 0 atom stereocenters. The number of oxazole rings is 1. The van der Waals surface area contributed by atoms with Gasteiger partial charge in [0.1, 0.15) is 11.2 Å². The molecular formula is C21H14BrF3N4O2S. The zero-order valence-electron chi connectivity index (χ0n) is 16.3. The maximum Gasteiger partial charge on any atom is 0.416 e. The predicted molar refractivity (Wildman–Crippen MR) is 118 cm³/mol. The smallest absolute Gasteiger partial charge is 0.416 e. The molecule has 6 nitrogen and oxygen atoms in total. The first-order valence-corrected chi connectivity index (χ1v) is 10.7. The fourth-order valence-corrected chi connectivity index (χ4v) is 4.18. The Morgan fingerprint density at radius 2 is 1.84 bits per heavy atom. The fraction of sp³-hybridized carbons (Fsp3) is 0.0952. The number of benzene rings is 2. The minimum Gasteiger partial charge on any atom is -0.422 e. The van der Waals surface area contributed by atoms with Crippen LogP contribution in [-0.4, -0.2) is 22.9 Å². The van der Waals surface area contributed by atoms with Gasteiger partial charge in [-0.3, -0.25) is 9.78 Å². The Morgan fingerprint density at radius 1 is 1.09 bits per heavy atom. The van der Waals surface area contributed by atoms with Crippen LogP contribution in [0.5, 0.6) is 0 Å². The lowest BCUT2D eigenvalue weighted by Crippen LogP contribution is -2.18. The van der Waals surface area contributed by atoms with Crippen LogP contribution in [-0.2, 0) is 6.18 Å². The first-order valence-electron chi connectivity index (χ1n) is 9.13. The molecule has 0 aliphatic rings. The first kappa shape index (κ1) is 22.2. The Kier molecular flexibility index (Phi) is 6.11. The molecule has 2 N–H and O–H groups in total. The Hall–Kier alpha value is -3.05. The van der Waals surface area contributed by atoms with E-state index in [9.17, 15) is 18.0 Å². The monoisotopic (exact) mass is 522 g/mol. The molecule has 0 unspecified atom stereocenters. The quantitative estimate of drug-likeness (QED) is 0.322. The molecule has 0 radical (unpaired) electrons.